The summed E-state index contributed by atoms with van der Waals surface area (Å²) in [5.41, 5.74) is 2.48. The summed E-state index contributed by atoms with van der Waals surface area (Å²) in [6.07, 6.45) is 1.50. The maximum atomic E-state index is 12.8. The first-order chi connectivity index (χ1) is 24.8. The lowest BCUT2D eigenvalue weighted by Crippen LogP contribution is -2.45. The van der Waals surface area contributed by atoms with Crippen molar-refractivity contribution in [3.05, 3.63) is 89.7 Å². The Hall–Kier alpha value is -4.99. The van der Waals surface area contributed by atoms with Gasteiger partial charge in [0.2, 0.25) is 10.2 Å². The maximum absolute atomic E-state index is 12.8. The van der Waals surface area contributed by atoms with E-state index >= 15 is 0 Å². The number of rotatable bonds is 18. The van der Waals surface area contributed by atoms with Crippen molar-refractivity contribution in [1.29, 1.82) is 0 Å². The molecule has 3 N–H and O–H groups in total. The molecule has 3 aromatic carbocycles. The van der Waals surface area contributed by atoms with E-state index in [1.165, 1.54) is 30.1 Å². The fourth-order valence-corrected chi connectivity index (χ4v) is 7.11. The molecule has 1 atom stereocenters. The Balaban J connectivity index is 1.06. The second kappa shape index (κ2) is 17.0. The van der Waals surface area contributed by atoms with E-state index in [1.807, 2.05) is 6.92 Å². The van der Waals surface area contributed by atoms with Crippen molar-refractivity contribution in [3.8, 4) is 11.5 Å². The number of nitrogens with one attached hydrogen (secondary N) is 1. The molecule has 5 rings (SSSR count). The number of amides is 1. The zero-order chi connectivity index (χ0) is 37.3. The summed E-state index contributed by atoms with van der Waals surface area (Å²) in [6.45, 7) is 1.23. The third-order valence-electron chi connectivity index (χ3n) is 7.03. The van der Waals surface area contributed by atoms with Crippen molar-refractivity contribution >= 4 is 53.6 Å². The molecule has 1 amide bonds. The molecule has 0 fully saturated rings. The van der Waals surface area contributed by atoms with Gasteiger partial charge in [-0.25, -0.2) is 28.0 Å². The van der Waals surface area contributed by atoms with Crippen molar-refractivity contribution in [2.24, 2.45) is 5.14 Å². The van der Waals surface area contributed by atoms with Crippen LogP contribution in [0, 0.1) is 6.92 Å². The molecule has 0 saturated carbocycles. The van der Waals surface area contributed by atoms with Gasteiger partial charge in [0.15, 0.2) is 6.04 Å². The van der Waals surface area contributed by atoms with Gasteiger partial charge in [-0.05, 0) is 55.0 Å². The van der Waals surface area contributed by atoms with Crippen molar-refractivity contribution < 1.29 is 49.6 Å². The number of esters is 1. The molecule has 20 heteroatoms. The number of carbonyl (C=O) groups excluding carboxylic acids is 2. The monoisotopic (exact) mass is 774 g/mol. The summed E-state index contributed by atoms with van der Waals surface area (Å²) in [5.74, 6) is -0.388. The van der Waals surface area contributed by atoms with Crippen LogP contribution in [0.5, 0.6) is 11.5 Å². The molecule has 0 spiro atoms. The first-order valence-electron chi connectivity index (χ1n) is 15.4. The first-order valence-corrected chi connectivity index (χ1v) is 19.1. The number of primary sulfonamides is 1. The number of ether oxygens (including phenoxy) is 4. The van der Waals surface area contributed by atoms with Crippen LogP contribution in [-0.2, 0) is 63.1 Å². The summed E-state index contributed by atoms with van der Waals surface area (Å²) in [4.78, 5) is 29.2. The van der Waals surface area contributed by atoms with Crippen molar-refractivity contribution in [2.75, 3.05) is 26.9 Å². The van der Waals surface area contributed by atoms with Gasteiger partial charge in [-0.1, -0.05) is 35.0 Å². The topological polar surface area (TPSA) is 230 Å². The average Bonchev–Trinajstić information content (AvgIpc) is 3.75. The fraction of sp³-hybridized carbons (Fsp3) is 0.281. The Morgan fingerprint density at radius 3 is 2.48 bits per heavy atom. The van der Waals surface area contributed by atoms with Crippen molar-refractivity contribution in [3.63, 3.8) is 0 Å². The fourth-order valence-electron chi connectivity index (χ4n) is 4.53. The molecule has 276 valence electrons. The molecule has 0 saturated heterocycles. The number of benzene rings is 3. The zero-order valence-corrected chi connectivity index (χ0v) is 30.3. The normalized spacial score (nSPS) is 12.4. The van der Waals surface area contributed by atoms with Crippen LogP contribution in [0.3, 0.4) is 0 Å². The van der Waals surface area contributed by atoms with E-state index in [2.05, 4.69) is 20.6 Å². The van der Waals surface area contributed by atoms with Gasteiger partial charge in [0.1, 0.15) is 43.6 Å². The number of aromatic nitrogens is 4. The quantitative estimate of drug-likeness (QED) is 0.0738. The summed E-state index contributed by atoms with van der Waals surface area (Å²) >= 11 is 0.920. The van der Waals surface area contributed by atoms with Crippen LogP contribution in [-0.4, -0.2) is 81.7 Å². The van der Waals surface area contributed by atoms with Crippen LogP contribution >= 0.6 is 11.3 Å². The summed E-state index contributed by atoms with van der Waals surface area (Å²) in [5, 5.41) is 15.7. The molecule has 0 radical (unpaired) electrons. The highest BCUT2D eigenvalue weighted by Crippen LogP contribution is 2.28. The molecule has 2 heterocycles. The number of nitrogens with two attached hydrogens (primary N) is 1. The largest absolute Gasteiger partial charge is 0.491 e. The first kappa shape index (κ1) is 38.2. The Kier molecular flexibility index (Phi) is 12.5. The highest BCUT2D eigenvalue weighted by Gasteiger charge is 2.23. The van der Waals surface area contributed by atoms with Gasteiger partial charge >= 0.3 is 5.97 Å². The van der Waals surface area contributed by atoms with Gasteiger partial charge < -0.3 is 24.3 Å². The lowest BCUT2D eigenvalue weighted by Gasteiger charge is -2.17. The zero-order valence-electron chi connectivity index (χ0n) is 27.8. The number of nitrogens with zero attached hydrogens (tertiary/aromatic N) is 4. The molecular weight excluding hydrogens is 741 g/mol. The number of sulfonamides is 1. The van der Waals surface area contributed by atoms with Gasteiger partial charge in [-0.2, -0.15) is 8.42 Å². The second-order valence-electron chi connectivity index (χ2n) is 11.1. The lowest BCUT2D eigenvalue weighted by atomic mass is 10.2. The minimum atomic E-state index is -3.93. The van der Waals surface area contributed by atoms with Crippen molar-refractivity contribution in [2.45, 2.75) is 42.0 Å². The minimum Gasteiger partial charge on any atom is -0.491 e. The van der Waals surface area contributed by atoms with Gasteiger partial charge in [-0.15, -0.1) is 16.4 Å². The summed E-state index contributed by atoms with van der Waals surface area (Å²) in [7, 11) is -6.65. The molecule has 5 aromatic rings. The van der Waals surface area contributed by atoms with Crippen molar-refractivity contribution in [1.82, 2.24) is 25.3 Å². The van der Waals surface area contributed by atoms with Gasteiger partial charge in [0, 0.05) is 0 Å². The number of fused-ring (bicyclic) bond motifs is 1. The Morgan fingerprint density at radius 2 is 1.73 bits per heavy atom. The van der Waals surface area contributed by atoms with Crippen LogP contribution in [0.2, 0.25) is 0 Å². The summed E-state index contributed by atoms with van der Waals surface area (Å²) in [6, 6.07) is 16.9. The molecule has 0 bridgehead atoms. The number of aryl methyl sites for hydroxylation is 1. The molecule has 52 heavy (non-hydrogen) atoms. The molecule has 17 nitrogen and oxygen atoms in total. The lowest BCUT2D eigenvalue weighted by molar-refractivity contribution is -0.147. The second-order valence-corrected chi connectivity index (χ2v) is 15.5. The number of carbonyl (C=O) groups is 2. The van der Waals surface area contributed by atoms with Crippen LogP contribution in [0.15, 0.2) is 82.2 Å². The third kappa shape index (κ3) is 10.8. The predicted octanol–water partition coefficient (Wildman–Crippen LogP) is 2.08. The van der Waals surface area contributed by atoms with E-state index < -0.39 is 38.1 Å². The van der Waals surface area contributed by atoms with Crippen LogP contribution in [0.25, 0.3) is 10.2 Å². The van der Waals surface area contributed by atoms with Gasteiger partial charge in [0.05, 0.1) is 41.6 Å². The van der Waals surface area contributed by atoms with Crippen LogP contribution in [0.4, 0.5) is 0 Å². The van der Waals surface area contributed by atoms with E-state index in [-0.39, 0.29) is 48.8 Å². The highest BCUT2D eigenvalue weighted by atomic mass is 32.2. The van der Waals surface area contributed by atoms with Gasteiger partial charge in [0.25, 0.3) is 20.1 Å². The van der Waals surface area contributed by atoms with Crippen LogP contribution in [0.1, 0.15) is 16.8 Å². The Bertz CT molecular complexity index is 2240. The number of hydrogen-bond acceptors (Lipinski definition) is 15. The number of hydrogen-bond donors (Lipinski definition) is 2. The number of thiazole rings is 1. The average molecular weight is 775 g/mol. The highest BCUT2D eigenvalue weighted by molar-refractivity contribution is 7.91. The van der Waals surface area contributed by atoms with E-state index in [0.29, 0.717) is 33.0 Å². The van der Waals surface area contributed by atoms with E-state index in [1.54, 1.807) is 54.6 Å². The van der Waals surface area contributed by atoms with Crippen LogP contribution < -0.4 is 19.9 Å². The Morgan fingerprint density at radius 1 is 0.962 bits per heavy atom. The molecule has 0 aliphatic heterocycles. The molecule has 0 unspecified atom stereocenters. The predicted molar refractivity (Wildman–Crippen MR) is 185 cm³/mol. The van der Waals surface area contributed by atoms with Gasteiger partial charge in [-0.3, -0.25) is 8.98 Å². The van der Waals surface area contributed by atoms with E-state index in [4.69, 9.17) is 28.3 Å². The van der Waals surface area contributed by atoms with E-state index in [0.717, 1.165) is 16.9 Å². The molecule has 2 aromatic heterocycles. The molecule has 0 aliphatic rings. The molecular formula is C32H34N6O11S3. The smallest absolute Gasteiger partial charge is 0.330 e. The minimum absolute atomic E-state index is 0.00253. The summed E-state index contributed by atoms with van der Waals surface area (Å²) < 4.78 is 76.5. The molecule has 0 aliphatic carbocycles. The number of methoxy groups -OCH3 is 1. The SMILES string of the molecule is COC(=O)[C@H](COCc1cccc(OCCOS(=O)(=O)c2ccc(C)cc2)c1)NC(=O)Cn1cc(COc2ccc3nc(S(N)(=O)=O)sc3c2)nn1. The standard InChI is InChI=1S/C32H34N6O11S3/c1-21-6-9-26(10-7-21)52(43,44)49-13-12-47-24-5-3-4-22(14-24)18-46-20-28(31(40)45-2)34-30(39)17-38-16-23(36-37-38)19-48-25-8-11-27-29(15-25)50-32(35-27)51(33,41)42/h3-11,14-16,28H,12-13,17-20H2,1-2H3,(H,34,39)(H2,33,41,42)/t28-/m0/s1. The third-order valence-corrected chi connectivity index (χ3v) is 10.7. The Labute approximate surface area is 302 Å². The van der Waals surface area contributed by atoms with E-state index in [9.17, 15) is 26.4 Å². The maximum Gasteiger partial charge on any atom is 0.330 e.